The highest BCUT2D eigenvalue weighted by Gasteiger charge is 2.32. The Morgan fingerprint density at radius 3 is 2.55 bits per heavy atom. The van der Waals surface area contributed by atoms with Crippen molar-refractivity contribution in [3.63, 3.8) is 0 Å². The molecule has 0 aromatic heterocycles. The zero-order chi connectivity index (χ0) is 16.2. The maximum atomic E-state index is 12.3. The van der Waals surface area contributed by atoms with Crippen LogP contribution in [0.25, 0.3) is 0 Å². The molecule has 0 spiro atoms. The molecule has 0 fully saturated rings. The number of esters is 1. The molecule has 0 atom stereocenters. The first-order valence-corrected chi connectivity index (χ1v) is 7.60. The van der Waals surface area contributed by atoms with Crippen molar-refractivity contribution < 1.29 is 23.7 Å². The van der Waals surface area contributed by atoms with Crippen LogP contribution >= 0.6 is 0 Å². The zero-order valence-electron chi connectivity index (χ0n) is 13.7. The number of fused-ring (bicyclic) bond motifs is 1. The average molecular weight is 308 g/mol. The number of hydrogen-bond acceptors (Lipinski definition) is 5. The van der Waals surface area contributed by atoms with E-state index in [1.165, 1.54) is 0 Å². The molecular formula is C17H24O5. The average Bonchev–Trinajstić information content (AvgIpc) is 2.50. The second-order valence-corrected chi connectivity index (χ2v) is 6.04. The molecule has 122 valence electrons. The van der Waals surface area contributed by atoms with Crippen molar-refractivity contribution in [2.45, 2.75) is 39.2 Å². The molecule has 1 aliphatic rings. The highest BCUT2D eigenvalue weighted by Crippen LogP contribution is 2.35. The predicted octanol–water partition coefficient (Wildman–Crippen LogP) is 2.70. The topological polar surface area (TPSA) is 54.0 Å². The van der Waals surface area contributed by atoms with Crippen LogP contribution < -0.4 is 9.47 Å². The lowest BCUT2D eigenvalue weighted by molar-refractivity contribution is -0.151. The summed E-state index contributed by atoms with van der Waals surface area (Å²) in [5.41, 5.74) is 0.0831. The van der Waals surface area contributed by atoms with Gasteiger partial charge in [0.2, 0.25) is 0 Å². The van der Waals surface area contributed by atoms with E-state index in [-0.39, 0.29) is 18.7 Å². The molecule has 1 heterocycles. The Morgan fingerprint density at radius 2 is 1.86 bits per heavy atom. The molecule has 2 rings (SSSR count). The number of ether oxygens (including phenoxy) is 4. The SMILES string of the molecule is CC(C)OCCOC(=O)C(C)(C)c1ccc2c(c1)OCCO2. The lowest BCUT2D eigenvalue weighted by Gasteiger charge is -2.26. The third kappa shape index (κ3) is 3.91. The minimum atomic E-state index is -0.756. The van der Waals surface area contributed by atoms with E-state index in [2.05, 4.69) is 0 Å². The van der Waals surface area contributed by atoms with Crippen LogP contribution in [0.15, 0.2) is 18.2 Å². The van der Waals surface area contributed by atoms with E-state index in [9.17, 15) is 4.79 Å². The number of hydrogen-bond donors (Lipinski definition) is 0. The van der Waals surface area contributed by atoms with Crippen LogP contribution in [0, 0.1) is 0 Å². The molecule has 0 bridgehead atoms. The number of benzene rings is 1. The monoisotopic (exact) mass is 308 g/mol. The number of carbonyl (C=O) groups is 1. The Balaban J connectivity index is 2.01. The molecular weight excluding hydrogens is 284 g/mol. The fourth-order valence-corrected chi connectivity index (χ4v) is 2.15. The summed E-state index contributed by atoms with van der Waals surface area (Å²) in [6.07, 6.45) is 0.129. The second kappa shape index (κ2) is 7.01. The van der Waals surface area contributed by atoms with E-state index in [1.54, 1.807) is 0 Å². The Bertz CT molecular complexity index is 522. The lowest BCUT2D eigenvalue weighted by Crippen LogP contribution is -2.32. The van der Waals surface area contributed by atoms with Gasteiger partial charge in [-0.05, 0) is 45.4 Å². The Hall–Kier alpha value is -1.75. The van der Waals surface area contributed by atoms with Crippen LogP contribution in [-0.2, 0) is 19.7 Å². The van der Waals surface area contributed by atoms with Crippen LogP contribution in [-0.4, -0.2) is 38.5 Å². The van der Waals surface area contributed by atoms with E-state index in [4.69, 9.17) is 18.9 Å². The standard InChI is InChI=1S/C17H24O5/c1-12(2)19-7-10-22-16(18)17(3,4)13-5-6-14-15(11-13)21-9-8-20-14/h5-6,11-12H,7-10H2,1-4H3. The summed E-state index contributed by atoms with van der Waals surface area (Å²) in [6, 6.07) is 5.56. The summed E-state index contributed by atoms with van der Waals surface area (Å²) in [6.45, 7) is 9.29. The van der Waals surface area contributed by atoms with Crippen molar-refractivity contribution in [1.82, 2.24) is 0 Å². The van der Waals surface area contributed by atoms with Crippen molar-refractivity contribution in [1.29, 1.82) is 0 Å². The molecule has 1 aromatic carbocycles. The maximum absolute atomic E-state index is 12.3. The van der Waals surface area contributed by atoms with Crippen molar-refractivity contribution in [3.8, 4) is 11.5 Å². The molecule has 0 aliphatic carbocycles. The van der Waals surface area contributed by atoms with Crippen molar-refractivity contribution in [3.05, 3.63) is 23.8 Å². The van der Waals surface area contributed by atoms with Crippen molar-refractivity contribution >= 4 is 5.97 Å². The third-order valence-corrected chi connectivity index (χ3v) is 3.54. The van der Waals surface area contributed by atoms with Gasteiger partial charge < -0.3 is 18.9 Å². The van der Waals surface area contributed by atoms with Gasteiger partial charge in [0.1, 0.15) is 19.8 Å². The van der Waals surface area contributed by atoms with Gasteiger partial charge in [-0.15, -0.1) is 0 Å². The molecule has 0 saturated carbocycles. The highest BCUT2D eigenvalue weighted by atomic mass is 16.6. The molecule has 0 unspecified atom stereocenters. The summed E-state index contributed by atoms with van der Waals surface area (Å²) in [5, 5.41) is 0. The van der Waals surface area contributed by atoms with E-state index >= 15 is 0 Å². The smallest absolute Gasteiger partial charge is 0.316 e. The van der Waals surface area contributed by atoms with Gasteiger partial charge in [0, 0.05) is 0 Å². The minimum absolute atomic E-state index is 0.129. The molecule has 5 heteroatoms. The first-order valence-electron chi connectivity index (χ1n) is 7.60. The molecule has 0 N–H and O–H groups in total. The van der Waals surface area contributed by atoms with Crippen LogP contribution in [0.2, 0.25) is 0 Å². The fraction of sp³-hybridized carbons (Fsp3) is 0.588. The molecule has 1 aliphatic heterocycles. The molecule has 0 radical (unpaired) electrons. The molecule has 22 heavy (non-hydrogen) atoms. The van der Waals surface area contributed by atoms with Crippen LogP contribution in [0.1, 0.15) is 33.3 Å². The highest BCUT2D eigenvalue weighted by molar-refractivity contribution is 5.82. The molecule has 0 saturated heterocycles. The van der Waals surface area contributed by atoms with Crippen molar-refractivity contribution in [2.24, 2.45) is 0 Å². The first-order chi connectivity index (χ1) is 10.4. The van der Waals surface area contributed by atoms with Gasteiger partial charge in [0.05, 0.1) is 18.1 Å². The van der Waals surface area contributed by atoms with Crippen molar-refractivity contribution in [2.75, 3.05) is 26.4 Å². The predicted molar refractivity (Wildman–Crippen MR) is 82.5 cm³/mol. The van der Waals surface area contributed by atoms with Gasteiger partial charge in [-0.2, -0.15) is 0 Å². The van der Waals surface area contributed by atoms with Gasteiger partial charge in [-0.3, -0.25) is 4.79 Å². The normalized spacial score (nSPS) is 14.0. The van der Waals surface area contributed by atoms with Gasteiger partial charge in [0.15, 0.2) is 11.5 Å². The Labute approximate surface area is 131 Å². The van der Waals surface area contributed by atoms with E-state index in [1.807, 2.05) is 45.9 Å². The molecule has 5 nitrogen and oxygen atoms in total. The van der Waals surface area contributed by atoms with E-state index < -0.39 is 5.41 Å². The zero-order valence-corrected chi connectivity index (χ0v) is 13.7. The largest absolute Gasteiger partial charge is 0.486 e. The third-order valence-electron chi connectivity index (χ3n) is 3.54. The van der Waals surface area contributed by atoms with E-state index in [0.29, 0.717) is 31.3 Å². The van der Waals surface area contributed by atoms with Crippen LogP contribution in [0.5, 0.6) is 11.5 Å². The lowest BCUT2D eigenvalue weighted by atomic mass is 9.84. The quantitative estimate of drug-likeness (QED) is 0.597. The summed E-state index contributed by atoms with van der Waals surface area (Å²) in [5.74, 6) is 1.11. The fourth-order valence-electron chi connectivity index (χ4n) is 2.15. The van der Waals surface area contributed by atoms with Gasteiger partial charge in [-0.25, -0.2) is 0 Å². The summed E-state index contributed by atoms with van der Waals surface area (Å²) in [4.78, 5) is 12.3. The Kier molecular flexibility index (Phi) is 5.29. The number of rotatable bonds is 6. The van der Waals surface area contributed by atoms with Gasteiger partial charge >= 0.3 is 5.97 Å². The van der Waals surface area contributed by atoms with Crippen LogP contribution in [0.4, 0.5) is 0 Å². The minimum Gasteiger partial charge on any atom is -0.486 e. The maximum Gasteiger partial charge on any atom is 0.316 e. The summed E-state index contributed by atoms with van der Waals surface area (Å²) in [7, 11) is 0. The molecule has 1 aromatic rings. The second-order valence-electron chi connectivity index (χ2n) is 6.04. The summed E-state index contributed by atoms with van der Waals surface area (Å²) < 4.78 is 21.8. The molecule has 0 amide bonds. The summed E-state index contributed by atoms with van der Waals surface area (Å²) >= 11 is 0. The van der Waals surface area contributed by atoms with Gasteiger partial charge in [0.25, 0.3) is 0 Å². The van der Waals surface area contributed by atoms with Gasteiger partial charge in [-0.1, -0.05) is 6.07 Å². The Morgan fingerprint density at radius 1 is 1.18 bits per heavy atom. The first kappa shape index (κ1) is 16.6. The van der Waals surface area contributed by atoms with E-state index in [0.717, 1.165) is 5.56 Å². The van der Waals surface area contributed by atoms with Crippen LogP contribution in [0.3, 0.4) is 0 Å². The number of carbonyl (C=O) groups excluding carboxylic acids is 1.